The molecule has 0 saturated carbocycles. The molecule has 2 heterocycles. The molecule has 0 radical (unpaired) electrons. The van der Waals surface area contributed by atoms with Crippen LogP contribution in [0.1, 0.15) is 5.56 Å². The summed E-state index contributed by atoms with van der Waals surface area (Å²) in [6.45, 7) is 0.241. The van der Waals surface area contributed by atoms with Crippen LogP contribution in [0.5, 0.6) is 5.75 Å². The predicted molar refractivity (Wildman–Crippen MR) is 106 cm³/mol. The van der Waals surface area contributed by atoms with Gasteiger partial charge < -0.3 is 34.5 Å². The highest BCUT2D eigenvalue weighted by Crippen LogP contribution is 2.31. The van der Waals surface area contributed by atoms with E-state index < -0.39 is 37.3 Å². The van der Waals surface area contributed by atoms with Gasteiger partial charge in [0.05, 0.1) is 12.1 Å². The number of aryl methyl sites for hydroxylation is 2. The lowest BCUT2D eigenvalue weighted by Crippen LogP contribution is -2.60. The van der Waals surface area contributed by atoms with Crippen molar-refractivity contribution in [1.29, 1.82) is 0 Å². The Bertz CT molecular complexity index is 941. The van der Waals surface area contributed by atoms with E-state index in [1.54, 1.807) is 6.07 Å². The lowest BCUT2D eigenvalue weighted by molar-refractivity contribution is -0.277. The van der Waals surface area contributed by atoms with Gasteiger partial charge in [-0.25, -0.2) is 0 Å². The van der Waals surface area contributed by atoms with Gasteiger partial charge in [-0.15, -0.1) is 0 Å². The first-order valence-corrected chi connectivity index (χ1v) is 9.67. The van der Waals surface area contributed by atoms with Crippen LogP contribution in [-0.4, -0.2) is 62.3 Å². The minimum absolute atomic E-state index is 0.491. The number of aromatic nitrogens is 1. The van der Waals surface area contributed by atoms with E-state index >= 15 is 0 Å². The Balaban J connectivity index is 1.58. The molecular weight excluding hydrogens is 374 g/mol. The van der Waals surface area contributed by atoms with Crippen LogP contribution in [0.2, 0.25) is 0 Å². The Hall–Kier alpha value is -2.42. The normalized spacial score (nSPS) is 27.2. The quantitative estimate of drug-likeness (QED) is 0.494. The zero-order valence-electron chi connectivity index (χ0n) is 15.8. The molecule has 1 aliphatic heterocycles. The summed E-state index contributed by atoms with van der Waals surface area (Å²) in [6, 6.07) is 17.7. The highest BCUT2D eigenvalue weighted by molar-refractivity contribution is 5.86. The average molecular weight is 399 g/mol. The van der Waals surface area contributed by atoms with Crippen LogP contribution in [-0.2, 0) is 17.7 Å². The molecule has 2 aromatic carbocycles. The van der Waals surface area contributed by atoms with Gasteiger partial charge in [-0.1, -0.05) is 42.5 Å². The second-order valence-corrected chi connectivity index (χ2v) is 7.25. The van der Waals surface area contributed by atoms with Crippen molar-refractivity contribution in [2.75, 3.05) is 6.61 Å². The Labute approximate surface area is 168 Å². The average Bonchev–Trinajstić information content (AvgIpc) is 3.17. The van der Waals surface area contributed by atoms with Crippen LogP contribution in [0.3, 0.4) is 0 Å². The van der Waals surface area contributed by atoms with Crippen LogP contribution >= 0.6 is 0 Å². The van der Waals surface area contributed by atoms with Crippen LogP contribution in [0.4, 0.5) is 0 Å². The van der Waals surface area contributed by atoms with E-state index in [0.29, 0.717) is 5.75 Å². The molecule has 0 bridgehead atoms. The molecule has 5 atom stereocenters. The van der Waals surface area contributed by atoms with Gasteiger partial charge in [0.1, 0.15) is 30.2 Å². The highest BCUT2D eigenvalue weighted by atomic mass is 16.7. The van der Waals surface area contributed by atoms with E-state index in [0.717, 1.165) is 23.9 Å². The molecular formula is C22H25NO6. The Morgan fingerprint density at radius 1 is 0.897 bits per heavy atom. The molecule has 7 heteroatoms. The van der Waals surface area contributed by atoms with Gasteiger partial charge in [0, 0.05) is 18.1 Å². The summed E-state index contributed by atoms with van der Waals surface area (Å²) in [4.78, 5) is 0. The smallest absolute Gasteiger partial charge is 0.229 e. The topological polar surface area (TPSA) is 104 Å². The fourth-order valence-corrected chi connectivity index (χ4v) is 3.69. The van der Waals surface area contributed by atoms with Crippen molar-refractivity contribution in [3.8, 4) is 5.75 Å². The molecule has 1 saturated heterocycles. The fourth-order valence-electron chi connectivity index (χ4n) is 3.69. The van der Waals surface area contributed by atoms with Crippen molar-refractivity contribution in [3.05, 3.63) is 66.4 Å². The first kappa shape index (κ1) is 19.9. The molecule has 1 aromatic heterocycles. The maximum absolute atomic E-state index is 10.3. The SMILES string of the molecule is OC[C@H]1O[C@@H](Oc2cccc3ccn(CCc4ccccc4)c23)[C@H](O)[C@@H](O)[C@@H]1O. The number of aliphatic hydroxyl groups is 4. The first-order valence-electron chi connectivity index (χ1n) is 9.67. The van der Waals surface area contributed by atoms with Gasteiger partial charge in [-0.3, -0.25) is 0 Å². The van der Waals surface area contributed by atoms with Crippen molar-refractivity contribution < 1.29 is 29.9 Å². The zero-order valence-corrected chi connectivity index (χ0v) is 15.8. The van der Waals surface area contributed by atoms with Gasteiger partial charge in [0.25, 0.3) is 0 Å². The molecule has 0 aliphatic carbocycles. The van der Waals surface area contributed by atoms with E-state index in [-0.39, 0.29) is 0 Å². The maximum atomic E-state index is 10.3. The second kappa shape index (κ2) is 8.52. The van der Waals surface area contributed by atoms with E-state index in [9.17, 15) is 20.4 Å². The van der Waals surface area contributed by atoms with E-state index in [1.165, 1.54) is 5.56 Å². The van der Waals surface area contributed by atoms with Crippen molar-refractivity contribution in [1.82, 2.24) is 4.57 Å². The lowest BCUT2D eigenvalue weighted by Gasteiger charge is -2.39. The fraction of sp³-hybridized carbons (Fsp3) is 0.364. The summed E-state index contributed by atoms with van der Waals surface area (Å²) < 4.78 is 13.5. The summed E-state index contributed by atoms with van der Waals surface area (Å²) in [5, 5.41) is 40.6. The van der Waals surface area contributed by atoms with Crippen LogP contribution < -0.4 is 4.74 Å². The highest BCUT2D eigenvalue weighted by Gasteiger charge is 2.44. The standard InChI is InChI=1S/C22H25NO6/c24-13-17-19(25)20(26)21(27)22(29-17)28-16-8-4-7-15-10-12-23(18(15)16)11-9-14-5-2-1-3-6-14/h1-8,10,12,17,19-22,24-27H,9,11,13H2/t17-,19-,20+,21-,22-/m1/s1. The molecule has 3 aromatic rings. The number of nitrogens with zero attached hydrogens (tertiary/aromatic N) is 1. The maximum Gasteiger partial charge on any atom is 0.229 e. The molecule has 7 nitrogen and oxygen atoms in total. The van der Waals surface area contributed by atoms with Gasteiger partial charge in [0.15, 0.2) is 0 Å². The Morgan fingerprint density at radius 3 is 2.45 bits per heavy atom. The van der Waals surface area contributed by atoms with Gasteiger partial charge in [0.2, 0.25) is 6.29 Å². The summed E-state index contributed by atoms with van der Waals surface area (Å²) in [7, 11) is 0. The van der Waals surface area contributed by atoms with Crippen molar-refractivity contribution in [2.24, 2.45) is 0 Å². The number of benzene rings is 2. The van der Waals surface area contributed by atoms with E-state index in [2.05, 4.69) is 16.7 Å². The number of ether oxygens (including phenoxy) is 2. The number of hydrogen-bond acceptors (Lipinski definition) is 6. The largest absolute Gasteiger partial charge is 0.460 e. The number of hydrogen-bond donors (Lipinski definition) is 4. The van der Waals surface area contributed by atoms with E-state index in [1.807, 2.05) is 42.6 Å². The van der Waals surface area contributed by atoms with Crippen LogP contribution in [0.15, 0.2) is 60.8 Å². The molecule has 0 spiro atoms. The van der Waals surface area contributed by atoms with Gasteiger partial charge in [-0.2, -0.15) is 0 Å². The molecule has 1 fully saturated rings. The lowest BCUT2D eigenvalue weighted by atomic mass is 9.99. The van der Waals surface area contributed by atoms with Crippen molar-refractivity contribution in [3.63, 3.8) is 0 Å². The first-order chi connectivity index (χ1) is 14.1. The summed E-state index contributed by atoms with van der Waals surface area (Å²) >= 11 is 0. The Morgan fingerprint density at radius 2 is 1.69 bits per heavy atom. The predicted octanol–water partition coefficient (Wildman–Crippen LogP) is 1.06. The molecule has 4 rings (SSSR count). The van der Waals surface area contributed by atoms with Crippen molar-refractivity contribution >= 4 is 10.9 Å². The second-order valence-electron chi connectivity index (χ2n) is 7.25. The third-order valence-corrected chi connectivity index (χ3v) is 5.33. The minimum atomic E-state index is -1.48. The number of aliphatic hydroxyl groups excluding tert-OH is 4. The number of para-hydroxylation sites is 1. The number of rotatable bonds is 6. The number of fused-ring (bicyclic) bond motifs is 1. The third kappa shape index (κ3) is 4.01. The molecule has 154 valence electrons. The molecule has 0 unspecified atom stereocenters. The van der Waals surface area contributed by atoms with Gasteiger partial charge >= 0.3 is 0 Å². The summed E-state index contributed by atoms with van der Waals surface area (Å²) in [6.07, 6.45) is -3.74. The molecule has 1 aliphatic rings. The van der Waals surface area contributed by atoms with Gasteiger partial charge in [-0.05, 0) is 24.1 Å². The zero-order chi connectivity index (χ0) is 20.4. The summed E-state index contributed by atoms with van der Waals surface area (Å²) in [5.41, 5.74) is 2.07. The minimum Gasteiger partial charge on any atom is -0.460 e. The molecule has 29 heavy (non-hydrogen) atoms. The Kier molecular flexibility index (Phi) is 5.84. The van der Waals surface area contributed by atoms with Crippen LogP contribution in [0.25, 0.3) is 10.9 Å². The summed E-state index contributed by atoms with van der Waals surface area (Å²) in [5.74, 6) is 0.491. The monoisotopic (exact) mass is 399 g/mol. The van der Waals surface area contributed by atoms with Crippen LogP contribution in [0, 0.1) is 0 Å². The third-order valence-electron chi connectivity index (χ3n) is 5.33. The molecule has 4 N–H and O–H groups in total. The molecule has 0 amide bonds. The van der Waals surface area contributed by atoms with Crippen molar-refractivity contribution in [2.45, 2.75) is 43.7 Å². The van der Waals surface area contributed by atoms with E-state index in [4.69, 9.17) is 9.47 Å².